The first kappa shape index (κ1) is 14.1. The van der Waals surface area contributed by atoms with E-state index in [2.05, 4.69) is 67.8 Å². The molecule has 0 fully saturated rings. The standard InChI is InChI=1S/C6H11I3O3/c7-1-6(8,9)5(2-10,3-11)4-12/h10-12H,1-4H2. The fraction of sp³-hybridized carbons (Fsp3) is 1.00. The van der Waals surface area contributed by atoms with E-state index in [1.165, 1.54) is 0 Å². The van der Waals surface area contributed by atoms with Gasteiger partial charge in [-0.25, -0.2) is 0 Å². The summed E-state index contributed by atoms with van der Waals surface area (Å²) >= 11 is 6.48. The van der Waals surface area contributed by atoms with Gasteiger partial charge >= 0.3 is 0 Å². The minimum Gasteiger partial charge on any atom is -0.396 e. The molecule has 0 saturated carbocycles. The molecule has 0 aliphatic rings. The Labute approximate surface area is 113 Å². The monoisotopic (exact) mass is 512 g/mol. The molecule has 0 aromatic rings. The Morgan fingerprint density at radius 3 is 1.33 bits per heavy atom. The quantitative estimate of drug-likeness (QED) is 0.381. The van der Waals surface area contributed by atoms with Crippen molar-refractivity contribution < 1.29 is 15.3 Å². The number of aliphatic hydroxyl groups is 3. The van der Waals surface area contributed by atoms with Crippen molar-refractivity contribution in [1.29, 1.82) is 0 Å². The molecule has 6 heteroatoms. The fourth-order valence-corrected chi connectivity index (χ4v) is 2.47. The van der Waals surface area contributed by atoms with Crippen LogP contribution in [-0.4, -0.2) is 41.0 Å². The van der Waals surface area contributed by atoms with Crippen LogP contribution >= 0.6 is 67.8 Å². The van der Waals surface area contributed by atoms with Gasteiger partial charge < -0.3 is 15.3 Å². The van der Waals surface area contributed by atoms with Gasteiger partial charge in [0.2, 0.25) is 0 Å². The number of hydrogen-bond acceptors (Lipinski definition) is 3. The van der Waals surface area contributed by atoms with Crippen LogP contribution in [-0.2, 0) is 0 Å². The van der Waals surface area contributed by atoms with Crippen LogP contribution in [0.5, 0.6) is 0 Å². The molecular weight excluding hydrogens is 501 g/mol. The number of hydrogen-bond donors (Lipinski definition) is 3. The third-order valence-electron chi connectivity index (χ3n) is 1.85. The summed E-state index contributed by atoms with van der Waals surface area (Å²) in [6, 6.07) is 0. The topological polar surface area (TPSA) is 60.7 Å². The van der Waals surface area contributed by atoms with E-state index < -0.39 is 5.41 Å². The normalized spacial score (nSPS) is 13.5. The average Bonchev–Trinajstić information content (AvgIpc) is 2.08. The first-order valence-electron chi connectivity index (χ1n) is 3.26. The van der Waals surface area contributed by atoms with E-state index >= 15 is 0 Å². The lowest BCUT2D eigenvalue weighted by molar-refractivity contribution is 0.00851. The zero-order chi connectivity index (χ0) is 9.83. The fourth-order valence-electron chi connectivity index (χ4n) is 0.639. The maximum Gasteiger partial charge on any atom is 0.0945 e. The van der Waals surface area contributed by atoms with Crippen LogP contribution in [0.2, 0.25) is 0 Å². The van der Waals surface area contributed by atoms with Crippen LogP contribution in [0, 0.1) is 5.41 Å². The summed E-state index contributed by atoms with van der Waals surface area (Å²) in [6.45, 7) is -0.599. The highest BCUT2D eigenvalue weighted by atomic mass is 127. The molecule has 0 heterocycles. The van der Waals surface area contributed by atoms with Gasteiger partial charge in [0.15, 0.2) is 0 Å². The van der Waals surface area contributed by atoms with E-state index in [4.69, 9.17) is 15.3 Å². The smallest absolute Gasteiger partial charge is 0.0945 e. The molecule has 0 saturated heterocycles. The van der Waals surface area contributed by atoms with Gasteiger partial charge in [0.05, 0.1) is 26.7 Å². The highest BCUT2D eigenvalue weighted by Crippen LogP contribution is 2.45. The van der Waals surface area contributed by atoms with Crippen LogP contribution < -0.4 is 0 Å². The summed E-state index contributed by atoms with van der Waals surface area (Å²) in [4.78, 5) is 0. The Balaban J connectivity index is 4.69. The van der Waals surface area contributed by atoms with Gasteiger partial charge in [0.1, 0.15) is 0 Å². The Morgan fingerprint density at radius 1 is 0.917 bits per heavy atom. The molecule has 0 aliphatic heterocycles. The summed E-state index contributed by atoms with van der Waals surface area (Å²) in [7, 11) is 0. The molecule has 0 aliphatic carbocycles. The summed E-state index contributed by atoms with van der Waals surface area (Å²) in [6.07, 6.45) is 0. The Hall–Kier alpha value is 2.07. The molecule has 0 unspecified atom stereocenters. The van der Waals surface area contributed by atoms with E-state index in [1.54, 1.807) is 0 Å². The van der Waals surface area contributed by atoms with E-state index in [0.29, 0.717) is 0 Å². The zero-order valence-corrected chi connectivity index (χ0v) is 12.8. The van der Waals surface area contributed by atoms with Crippen molar-refractivity contribution in [1.82, 2.24) is 0 Å². The Morgan fingerprint density at radius 2 is 1.25 bits per heavy atom. The first-order valence-corrected chi connectivity index (χ1v) is 6.94. The summed E-state index contributed by atoms with van der Waals surface area (Å²) in [5, 5.41) is 27.3. The lowest BCUT2D eigenvalue weighted by atomic mass is 9.88. The van der Waals surface area contributed by atoms with Crippen LogP contribution in [0.25, 0.3) is 0 Å². The van der Waals surface area contributed by atoms with E-state index in [0.717, 1.165) is 4.43 Å². The second kappa shape index (κ2) is 5.83. The maximum absolute atomic E-state index is 9.11. The molecule has 0 radical (unpaired) electrons. The Kier molecular flexibility index (Phi) is 6.84. The van der Waals surface area contributed by atoms with Crippen LogP contribution in [0.1, 0.15) is 0 Å². The predicted molar refractivity (Wildman–Crippen MR) is 73.3 cm³/mol. The second-order valence-corrected chi connectivity index (χ2v) is 9.10. The van der Waals surface area contributed by atoms with Crippen LogP contribution in [0.15, 0.2) is 0 Å². The highest BCUT2D eigenvalue weighted by molar-refractivity contribution is 14.2. The molecule has 0 bridgehead atoms. The van der Waals surface area contributed by atoms with E-state index in [9.17, 15) is 0 Å². The molecule has 3 nitrogen and oxygen atoms in total. The third kappa shape index (κ3) is 2.78. The minimum absolute atomic E-state index is 0.200. The van der Waals surface area contributed by atoms with Crippen molar-refractivity contribution in [2.45, 2.75) is 1.43 Å². The van der Waals surface area contributed by atoms with Crippen LogP contribution in [0.3, 0.4) is 0 Å². The predicted octanol–water partition coefficient (Wildman–Crippen LogP) is 0.951. The molecule has 0 amide bonds. The number of aliphatic hydroxyl groups excluding tert-OH is 3. The van der Waals surface area contributed by atoms with E-state index in [1.807, 2.05) is 0 Å². The van der Waals surface area contributed by atoms with Gasteiger partial charge in [-0.1, -0.05) is 67.8 Å². The van der Waals surface area contributed by atoms with Crippen molar-refractivity contribution in [2.75, 3.05) is 24.2 Å². The maximum atomic E-state index is 9.11. The van der Waals surface area contributed by atoms with E-state index in [-0.39, 0.29) is 21.2 Å². The lowest BCUT2D eigenvalue weighted by Gasteiger charge is -2.38. The third-order valence-corrected chi connectivity index (χ3v) is 8.97. The highest BCUT2D eigenvalue weighted by Gasteiger charge is 2.46. The molecule has 0 spiro atoms. The number of rotatable bonds is 5. The van der Waals surface area contributed by atoms with Gasteiger partial charge in [-0.15, -0.1) is 0 Å². The summed E-state index contributed by atoms with van der Waals surface area (Å²) in [5.74, 6) is 0. The molecule has 3 N–H and O–H groups in total. The van der Waals surface area contributed by atoms with Gasteiger partial charge in [-0.05, 0) is 0 Å². The molecule has 12 heavy (non-hydrogen) atoms. The molecule has 0 aromatic carbocycles. The van der Waals surface area contributed by atoms with Crippen molar-refractivity contribution in [2.24, 2.45) is 5.41 Å². The van der Waals surface area contributed by atoms with Gasteiger partial charge in [-0.2, -0.15) is 0 Å². The zero-order valence-electron chi connectivity index (χ0n) is 6.30. The number of halogens is 3. The van der Waals surface area contributed by atoms with Gasteiger partial charge in [0.25, 0.3) is 0 Å². The molecular formula is C6H11I3O3. The SMILES string of the molecule is OCC(CO)(CO)C(I)(I)CI. The lowest BCUT2D eigenvalue weighted by Crippen LogP contribution is -2.48. The second-order valence-electron chi connectivity index (χ2n) is 2.59. The van der Waals surface area contributed by atoms with Crippen molar-refractivity contribution >= 4 is 67.8 Å². The molecule has 0 rings (SSSR count). The Bertz CT molecular complexity index is 128. The largest absolute Gasteiger partial charge is 0.396 e. The molecule has 0 aromatic heterocycles. The molecule has 0 atom stereocenters. The summed E-state index contributed by atoms with van der Waals surface area (Å²) < 4.78 is 0.439. The minimum atomic E-state index is -0.796. The molecule has 74 valence electrons. The van der Waals surface area contributed by atoms with Gasteiger partial charge in [-0.3, -0.25) is 0 Å². The average molecular weight is 512 g/mol. The first-order chi connectivity index (χ1) is 5.49. The number of alkyl halides is 3. The summed E-state index contributed by atoms with van der Waals surface area (Å²) in [5.41, 5.74) is -0.796. The van der Waals surface area contributed by atoms with Crippen LogP contribution in [0.4, 0.5) is 0 Å². The van der Waals surface area contributed by atoms with Crippen molar-refractivity contribution in [3.05, 3.63) is 0 Å². The van der Waals surface area contributed by atoms with Crippen molar-refractivity contribution in [3.8, 4) is 0 Å². The van der Waals surface area contributed by atoms with Crippen molar-refractivity contribution in [3.63, 3.8) is 0 Å². The van der Waals surface area contributed by atoms with Gasteiger partial charge in [0, 0.05) is 4.43 Å².